The number of carbonyl (C=O) groups is 2. The van der Waals surface area contributed by atoms with E-state index in [0.29, 0.717) is 12.1 Å². The fourth-order valence-corrected chi connectivity index (χ4v) is 3.83. The Morgan fingerprint density at radius 1 is 1.21 bits per heavy atom. The number of aromatic nitrogens is 3. The van der Waals surface area contributed by atoms with Gasteiger partial charge in [0.05, 0.1) is 19.2 Å². The van der Waals surface area contributed by atoms with Crippen LogP contribution in [0.1, 0.15) is 27.9 Å². The van der Waals surface area contributed by atoms with E-state index < -0.39 is 18.2 Å². The number of piperidine rings is 1. The molecule has 8 nitrogen and oxygen atoms in total. The molecule has 1 saturated heterocycles. The van der Waals surface area contributed by atoms with Gasteiger partial charge in [0.15, 0.2) is 6.17 Å². The van der Waals surface area contributed by atoms with Crippen LogP contribution in [0.15, 0.2) is 48.9 Å². The molecule has 0 spiro atoms. The summed E-state index contributed by atoms with van der Waals surface area (Å²) in [4.78, 5) is 30.4. The molecule has 9 heteroatoms. The number of carbonyl (C=O) groups excluding carboxylic acids is 2. The van der Waals surface area contributed by atoms with E-state index in [1.54, 1.807) is 30.2 Å². The lowest BCUT2D eigenvalue weighted by Crippen LogP contribution is -2.49. The molecule has 4 rings (SSSR count). The van der Waals surface area contributed by atoms with Crippen molar-refractivity contribution >= 4 is 11.8 Å². The molecule has 1 aliphatic rings. The third-order valence-electron chi connectivity index (χ3n) is 5.73. The summed E-state index contributed by atoms with van der Waals surface area (Å²) < 4.78 is 22.3. The minimum absolute atomic E-state index is 0.0118. The number of nitrogens with two attached hydrogens (primary N) is 1. The highest BCUT2D eigenvalue weighted by Crippen LogP contribution is 2.27. The van der Waals surface area contributed by atoms with Crippen molar-refractivity contribution in [3.05, 3.63) is 65.6 Å². The van der Waals surface area contributed by atoms with Gasteiger partial charge in [-0.1, -0.05) is 29.8 Å². The summed E-state index contributed by atoms with van der Waals surface area (Å²) in [6.45, 7) is 2.26. The Labute approximate surface area is 191 Å². The number of nitrogens with zero attached hydrogens (tertiary/aromatic N) is 4. The van der Waals surface area contributed by atoms with Gasteiger partial charge in [0.25, 0.3) is 5.91 Å². The molecule has 2 amide bonds. The molecule has 0 aliphatic carbocycles. The Hall–Kier alpha value is -3.75. The van der Waals surface area contributed by atoms with E-state index >= 15 is 0 Å². The van der Waals surface area contributed by atoms with Crippen molar-refractivity contribution in [1.29, 1.82) is 0 Å². The molecule has 33 heavy (non-hydrogen) atoms. The number of amides is 2. The fraction of sp³-hybridized carbons (Fsp3) is 0.333. The summed E-state index contributed by atoms with van der Waals surface area (Å²) in [7, 11) is 1.78. The summed E-state index contributed by atoms with van der Waals surface area (Å²) in [5.41, 5.74) is 9.02. The average Bonchev–Trinajstić information content (AvgIpc) is 3.23. The second-order valence-corrected chi connectivity index (χ2v) is 8.31. The number of pyridine rings is 1. The van der Waals surface area contributed by atoms with Crippen LogP contribution in [-0.4, -0.2) is 56.8 Å². The second kappa shape index (κ2) is 9.40. The fourth-order valence-electron chi connectivity index (χ4n) is 3.83. The zero-order valence-corrected chi connectivity index (χ0v) is 18.6. The molecule has 0 radical (unpaired) electrons. The molecule has 0 saturated carbocycles. The highest BCUT2D eigenvalue weighted by molar-refractivity contribution is 5.96. The van der Waals surface area contributed by atoms with Crippen LogP contribution >= 0.6 is 0 Å². The number of rotatable bonds is 6. The Balaban J connectivity index is 1.42. The molecular weight excluding hydrogens is 425 g/mol. The Bertz CT molecular complexity index is 1160. The van der Waals surface area contributed by atoms with Crippen molar-refractivity contribution in [3.63, 3.8) is 0 Å². The maximum absolute atomic E-state index is 14.9. The molecule has 2 aromatic heterocycles. The standard InChI is InChI=1S/C24H26FN5O3/c1-15-3-5-16(6-4-15)9-22(31)30-8-7-21(20(25)14-30)33-24-19(23(26)32)10-17(11-27-24)18-12-28-29(2)13-18/h3-6,10-13,20-21H,7-9,14H2,1-2H3,(H2,26,32)/t20-,21+/m1/s1. The molecule has 0 bridgehead atoms. The number of ether oxygens (including phenoxy) is 1. The molecule has 172 valence electrons. The lowest BCUT2D eigenvalue weighted by Gasteiger charge is -2.34. The first kappa shape index (κ1) is 22.4. The third kappa shape index (κ3) is 5.19. The summed E-state index contributed by atoms with van der Waals surface area (Å²) in [6.07, 6.45) is 3.22. The van der Waals surface area contributed by atoms with Gasteiger partial charge in [-0.3, -0.25) is 14.3 Å². The van der Waals surface area contributed by atoms with E-state index in [9.17, 15) is 14.0 Å². The topological polar surface area (TPSA) is 103 Å². The minimum Gasteiger partial charge on any atom is -0.471 e. The Morgan fingerprint density at radius 2 is 1.97 bits per heavy atom. The number of alkyl halides is 1. The lowest BCUT2D eigenvalue weighted by atomic mass is 10.0. The Morgan fingerprint density at radius 3 is 2.61 bits per heavy atom. The van der Waals surface area contributed by atoms with Crippen LogP contribution < -0.4 is 10.5 Å². The molecule has 3 heterocycles. The van der Waals surface area contributed by atoms with Crippen molar-refractivity contribution in [2.75, 3.05) is 13.1 Å². The maximum atomic E-state index is 14.9. The van der Waals surface area contributed by atoms with E-state index in [1.807, 2.05) is 31.2 Å². The van der Waals surface area contributed by atoms with Gasteiger partial charge < -0.3 is 15.4 Å². The average molecular weight is 452 g/mol. The first-order valence-electron chi connectivity index (χ1n) is 10.7. The zero-order chi connectivity index (χ0) is 23.5. The predicted octanol–water partition coefficient (Wildman–Crippen LogP) is 2.45. The number of hydrogen-bond donors (Lipinski definition) is 1. The summed E-state index contributed by atoms with van der Waals surface area (Å²) in [6, 6.07) is 9.27. The van der Waals surface area contributed by atoms with Crippen molar-refractivity contribution < 1.29 is 18.7 Å². The predicted molar refractivity (Wildman–Crippen MR) is 120 cm³/mol. The van der Waals surface area contributed by atoms with Crippen LogP contribution in [0.25, 0.3) is 11.1 Å². The van der Waals surface area contributed by atoms with E-state index in [-0.39, 0.29) is 36.7 Å². The van der Waals surface area contributed by atoms with Crippen LogP contribution in [0.5, 0.6) is 5.88 Å². The number of likely N-dealkylation sites (tertiary alicyclic amines) is 1. The highest BCUT2D eigenvalue weighted by Gasteiger charge is 2.34. The minimum atomic E-state index is -1.42. The van der Waals surface area contributed by atoms with Crippen molar-refractivity contribution in [2.45, 2.75) is 32.0 Å². The largest absolute Gasteiger partial charge is 0.471 e. The number of benzene rings is 1. The van der Waals surface area contributed by atoms with Gasteiger partial charge in [-0.15, -0.1) is 0 Å². The summed E-state index contributed by atoms with van der Waals surface area (Å²) >= 11 is 0. The highest BCUT2D eigenvalue weighted by atomic mass is 19.1. The van der Waals surface area contributed by atoms with E-state index in [0.717, 1.165) is 16.7 Å². The van der Waals surface area contributed by atoms with Crippen molar-refractivity contribution in [2.24, 2.45) is 12.8 Å². The van der Waals surface area contributed by atoms with Crippen molar-refractivity contribution in [1.82, 2.24) is 19.7 Å². The zero-order valence-electron chi connectivity index (χ0n) is 18.6. The van der Waals surface area contributed by atoms with Gasteiger partial charge in [-0.25, -0.2) is 9.37 Å². The number of aryl methyl sites for hydroxylation is 2. The normalized spacial score (nSPS) is 18.2. The molecule has 1 aromatic carbocycles. The van der Waals surface area contributed by atoms with Gasteiger partial charge in [-0.05, 0) is 18.6 Å². The van der Waals surface area contributed by atoms with Crippen LogP contribution in [0.2, 0.25) is 0 Å². The quantitative estimate of drug-likeness (QED) is 0.620. The van der Waals surface area contributed by atoms with E-state index in [2.05, 4.69) is 10.1 Å². The molecule has 2 atom stereocenters. The number of halogens is 1. The van der Waals surface area contributed by atoms with Gasteiger partial charge in [-0.2, -0.15) is 5.10 Å². The lowest BCUT2D eigenvalue weighted by molar-refractivity contribution is -0.134. The summed E-state index contributed by atoms with van der Waals surface area (Å²) in [5, 5.41) is 4.10. The van der Waals surface area contributed by atoms with Crippen LogP contribution in [-0.2, 0) is 18.3 Å². The van der Waals surface area contributed by atoms with Crippen LogP contribution in [0.4, 0.5) is 4.39 Å². The molecule has 1 fully saturated rings. The van der Waals surface area contributed by atoms with Crippen molar-refractivity contribution in [3.8, 4) is 17.0 Å². The Kier molecular flexibility index (Phi) is 6.39. The maximum Gasteiger partial charge on any atom is 0.254 e. The van der Waals surface area contributed by atoms with Gasteiger partial charge in [0.1, 0.15) is 11.7 Å². The molecular formula is C24H26FN5O3. The smallest absolute Gasteiger partial charge is 0.254 e. The monoisotopic (exact) mass is 451 g/mol. The SMILES string of the molecule is Cc1ccc(CC(=O)N2CC[C@H](Oc3ncc(-c4cnn(C)c4)cc3C(N)=O)[C@H](F)C2)cc1. The second-order valence-electron chi connectivity index (χ2n) is 8.31. The van der Waals surface area contributed by atoms with E-state index in [1.165, 1.54) is 11.1 Å². The molecule has 2 N–H and O–H groups in total. The first-order chi connectivity index (χ1) is 15.8. The van der Waals surface area contributed by atoms with Gasteiger partial charge in [0, 0.05) is 43.5 Å². The number of primary amides is 1. The molecule has 0 unspecified atom stereocenters. The first-order valence-corrected chi connectivity index (χ1v) is 10.7. The molecule has 1 aliphatic heterocycles. The third-order valence-corrected chi connectivity index (χ3v) is 5.73. The van der Waals surface area contributed by atoms with Gasteiger partial charge in [0.2, 0.25) is 11.8 Å². The van der Waals surface area contributed by atoms with Crippen LogP contribution in [0.3, 0.4) is 0 Å². The van der Waals surface area contributed by atoms with Crippen LogP contribution in [0, 0.1) is 6.92 Å². The summed E-state index contributed by atoms with van der Waals surface area (Å²) in [5.74, 6) is -0.858. The van der Waals surface area contributed by atoms with Gasteiger partial charge >= 0.3 is 0 Å². The van der Waals surface area contributed by atoms with E-state index in [4.69, 9.17) is 10.5 Å². The number of hydrogen-bond acceptors (Lipinski definition) is 5. The molecule has 3 aromatic rings.